The second-order valence-electron chi connectivity index (χ2n) is 6.90. The fourth-order valence-electron chi connectivity index (χ4n) is 3.36. The van der Waals surface area contributed by atoms with Crippen molar-refractivity contribution in [3.8, 4) is 0 Å². The topological polar surface area (TPSA) is 45.7 Å². The fraction of sp³-hybridized carbons (Fsp3) is 0.700. The molecule has 1 aromatic rings. The summed E-state index contributed by atoms with van der Waals surface area (Å²) in [6, 6.07) is 5.92. The highest BCUT2D eigenvalue weighted by molar-refractivity contribution is 5.75. The molecule has 5 nitrogen and oxygen atoms in total. The summed E-state index contributed by atoms with van der Waals surface area (Å²) in [5.41, 5.74) is 0. The number of likely N-dealkylation sites (N-methyl/N-ethyl adjacent to an activating group) is 1. The lowest BCUT2D eigenvalue weighted by Crippen LogP contribution is -2.45. The van der Waals surface area contributed by atoms with Crippen LogP contribution in [0.5, 0.6) is 0 Å². The largest absolute Gasteiger partial charge is 0.465 e. The molecule has 1 aliphatic heterocycles. The number of nitrogens with zero attached hydrogens (tertiary/aromatic N) is 3. The molecule has 1 atom stereocenters. The van der Waals surface area contributed by atoms with E-state index in [1.807, 2.05) is 25.3 Å². The molecule has 1 aliphatic rings. The van der Waals surface area contributed by atoms with Crippen molar-refractivity contribution in [1.82, 2.24) is 9.88 Å². The Morgan fingerprint density at radius 2 is 2.12 bits per heavy atom. The molecule has 0 aliphatic carbocycles. The molecule has 140 valence electrons. The summed E-state index contributed by atoms with van der Waals surface area (Å²) in [6.07, 6.45) is 6.13. The zero-order valence-electron chi connectivity index (χ0n) is 16.0. The Labute approximate surface area is 152 Å². The van der Waals surface area contributed by atoms with Crippen molar-refractivity contribution in [2.75, 3.05) is 37.7 Å². The minimum absolute atomic E-state index is 0.0822. The van der Waals surface area contributed by atoms with Crippen LogP contribution in [-0.4, -0.2) is 54.7 Å². The maximum absolute atomic E-state index is 12.2. The van der Waals surface area contributed by atoms with Gasteiger partial charge in [-0.15, -0.1) is 0 Å². The van der Waals surface area contributed by atoms with E-state index in [9.17, 15) is 4.79 Å². The lowest BCUT2D eigenvalue weighted by molar-refractivity contribution is -0.149. The third-order valence-corrected chi connectivity index (χ3v) is 5.12. The second-order valence-corrected chi connectivity index (χ2v) is 6.90. The molecule has 0 saturated carbocycles. The van der Waals surface area contributed by atoms with Gasteiger partial charge in [-0.2, -0.15) is 0 Å². The van der Waals surface area contributed by atoms with Crippen molar-refractivity contribution in [3.63, 3.8) is 0 Å². The van der Waals surface area contributed by atoms with E-state index in [2.05, 4.69) is 34.7 Å². The number of hydrogen-bond acceptors (Lipinski definition) is 5. The van der Waals surface area contributed by atoms with E-state index in [1.54, 1.807) is 0 Å². The second kappa shape index (κ2) is 10.4. The first-order valence-electron chi connectivity index (χ1n) is 9.72. The minimum atomic E-state index is -0.157. The monoisotopic (exact) mass is 347 g/mol. The van der Waals surface area contributed by atoms with E-state index in [1.165, 1.54) is 0 Å². The van der Waals surface area contributed by atoms with E-state index in [0.29, 0.717) is 12.5 Å². The van der Waals surface area contributed by atoms with Gasteiger partial charge in [0.2, 0.25) is 0 Å². The molecular weight excluding hydrogens is 314 g/mol. The van der Waals surface area contributed by atoms with Crippen molar-refractivity contribution >= 4 is 11.8 Å². The third kappa shape index (κ3) is 5.99. The summed E-state index contributed by atoms with van der Waals surface area (Å²) >= 11 is 0. The Kier molecular flexibility index (Phi) is 8.19. The molecule has 0 aromatic carbocycles. The van der Waals surface area contributed by atoms with E-state index < -0.39 is 0 Å². The standard InChI is InChI=1S/C20H33N3O2/c1-4-6-15-25-20(24)17(3)22(5-2)16-18-10-13-23(14-11-18)19-9-7-8-12-21-19/h7-9,12,17-18H,4-6,10-11,13-16H2,1-3H3. The highest BCUT2D eigenvalue weighted by Gasteiger charge is 2.26. The maximum atomic E-state index is 12.2. The SMILES string of the molecule is CCCCOC(=O)C(C)N(CC)CC1CCN(c2ccccn2)CC1. The quantitative estimate of drug-likeness (QED) is 0.506. The predicted molar refractivity (Wildman–Crippen MR) is 102 cm³/mol. The van der Waals surface area contributed by atoms with Gasteiger partial charge in [0.1, 0.15) is 11.9 Å². The summed E-state index contributed by atoms with van der Waals surface area (Å²) in [7, 11) is 0. The number of piperidine rings is 1. The number of pyridine rings is 1. The van der Waals surface area contributed by atoms with Crippen molar-refractivity contribution in [1.29, 1.82) is 0 Å². The number of anilines is 1. The van der Waals surface area contributed by atoms with Crippen molar-refractivity contribution in [2.45, 2.75) is 52.5 Å². The zero-order valence-corrected chi connectivity index (χ0v) is 16.0. The van der Waals surface area contributed by atoms with Gasteiger partial charge >= 0.3 is 5.97 Å². The summed E-state index contributed by atoms with van der Waals surface area (Å²) in [5, 5.41) is 0. The molecular formula is C20H33N3O2. The molecule has 1 fully saturated rings. The molecule has 1 unspecified atom stereocenters. The first-order chi connectivity index (χ1) is 12.2. The number of unbranched alkanes of at least 4 members (excludes halogenated alkanes) is 1. The molecule has 0 radical (unpaired) electrons. The van der Waals surface area contributed by atoms with Gasteiger partial charge in [0.15, 0.2) is 0 Å². The molecule has 0 amide bonds. The zero-order chi connectivity index (χ0) is 18.1. The van der Waals surface area contributed by atoms with Gasteiger partial charge in [0.05, 0.1) is 6.61 Å². The fourth-order valence-corrected chi connectivity index (χ4v) is 3.36. The lowest BCUT2D eigenvalue weighted by atomic mass is 9.95. The number of ether oxygens (including phenoxy) is 1. The van der Waals surface area contributed by atoms with Gasteiger partial charge in [-0.3, -0.25) is 9.69 Å². The average molecular weight is 348 g/mol. The Bertz CT molecular complexity index is 501. The van der Waals surface area contributed by atoms with Crippen LogP contribution < -0.4 is 4.90 Å². The van der Waals surface area contributed by atoms with E-state index in [4.69, 9.17) is 4.74 Å². The molecule has 0 spiro atoms. The average Bonchev–Trinajstić information content (AvgIpc) is 2.67. The van der Waals surface area contributed by atoms with Crippen molar-refractivity contribution in [3.05, 3.63) is 24.4 Å². The van der Waals surface area contributed by atoms with Crippen LogP contribution in [-0.2, 0) is 9.53 Å². The summed E-state index contributed by atoms with van der Waals surface area (Å²) < 4.78 is 5.39. The number of carbonyl (C=O) groups excluding carboxylic acids is 1. The van der Waals surface area contributed by atoms with Gasteiger partial charge in [0, 0.05) is 25.8 Å². The predicted octanol–water partition coefficient (Wildman–Crippen LogP) is 3.35. The van der Waals surface area contributed by atoms with Crippen LogP contribution >= 0.6 is 0 Å². The molecule has 1 aromatic heterocycles. The van der Waals surface area contributed by atoms with Gasteiger partial charge in [-0.1, -0.05) is 26.3 Å². The number of esters is 1. The van der Waals surface area contributed by atoms with Crippen LogP contribution in [0.25, 0.3) is 0 Å². The van der Waals surface area contributed by atoms with Crippen LogP contribution in [0, 0.1) is 5.92 Å². The van der Waals surface area contributed by atoms with Crippen LogP contribution in [0.15, 0.2) is 24.4 Å². The summed E-state index contributed by atoms with van der Waals surface area (Å²) in [5.74, 6) is 1.62. The molecule has 1 saturated heterocycles. The highest BCUT2D eigenvalue weighted by atomic mass is 16.5. The van der Waals surface area contributed by atoms with E-state index in [-0.39, 0.29) is 12.0 Å². The van der Waals surface area contributed by atoms with Crippen molar-refractivity contribution in [2.24, 2.45) is 5.92 Å². The Morgan fingerprint density at radius 1 is 1.36 bits per heavy atom. The number of carbonyl (C=O) groups is 1. The molecule has 2 rings (SSSR count). The van der Waals surface area contributed by atoms with Gasteiger partial charge in [0.25, 0.3) is 0 Å². The smallest absolute Gasteiger partial charge is 0.323 e. The molecule has 0 N–H and O–H groups in total. The molecule has 0 bridgehead atoms. The normalized spacial score (nSPS) is 16.9. The van der Waals surface area contributed by atoms with E-state index >= 15 is 0 Å². The minimum Gasteiger partial charge on any atom is -0.465 e. The molecule has 5 heteroatoms. The van der Waals surface area contributed by atoms with Crippen LogP contribution in [0.4, 0.5) is 5.82 Å². The van der Waals surface area contributed by atoms with Crippen LogP contribution in [0.3, 0.4) is 0 Å². The molecule has 2 heterocycles. The van der Waals surface area contributed by atoms with Crippen LogP contribution in [0.1, 0.15) is 46.5 Å². The third-order valence-electron chi connectivity index (χ3n) is 5.12. The highest BCUT2D eigenvalue weighted by Crippen LogP contribution is 2.23. The molecule has 25 heavy (non-hydrogen) atoms. The summed E-state index contributed by atoms with van der Waals surface area (Å²) in [4.78, 5) is 21.3. The number of rotatable bonds is 9. The summed E-state index contributed by atoms with van der Waals surface area (Å²) in [6.45, 7) is 10.7. The van der Waals surface area contributed by atoms with Crippen molar-refractivity contribution < 1.29 is 9.53 Å². The van der Waals surface area contributed by atoms with Gasteiger partial charge in [-0.25, -0.2) is 4.98 Å². The van der Waals surface area contributed by atoms with Gasteiger partial charge in [-0.05, 0) is 50.8 Å². The van der Waals surface area contributed by atoms with Gasteiger partial charge < -0.3 is 9.64 Å². The first-order valence-corrected chi connectivity index (χ1v) is 9.72. The Morgan fingerprint density at radius 3 is 2.72 bits per heavy atom. The first kappa shape index (κ1) is 19.7. The van der Waals surface area contributed by atoms with E-state index in [0.717, 1.165) is 57.7 Å². The van der Waals surface area contributed by atoms with Crippen LogP contribution in [0.2, 0.25) is 0 Å². The Hall–Kier alpha value is -1.62. The maximum Gasteiger partial charge on any atom is 0.323 e. The number of hydrogen-bond donors (Lipinski definition) is 0. The number of aromatic nitrogens is 1. The Balaban J connectivity index is 1.79. The lowest BCUT2D eigenvalue weighted by Gasteiger charge is -2.36.